The lowest BCUT2D eigenvalue weighted by Gasteiger charge is -2.14. The number of allylic oxidation sites excluding steroid dienone is 1. The van der Waals surface area contributed by atoms with Crippen molar-refractivity contribution in [1.29, 1.82) is 0 Å². The van der Waals surface area contributed by atoms with Crippen LogP contribution < -0.4 is 16.2 Å². The number of nitrogen functional groups attached to an aromatic ring is 1. The van der Waals surface area contributed by atoms with E-state index in [0.29, 0.717) is 10.2 Å². The zero-order valence-electron chi connectivity index (χ0n) is 11.7. The summed E-state index contributed by atoms with van der Waals surface area (Å²) in [4.78, 5) is 3.95. The molecule has 1 aromatic carbocycles. The average molecular weight is 390 g/mol. The van der Waals surface area contributed by atoms with Gasteiger partial charge in [-0.1, -0.05) is 15.9 Å². The Morgan fingerprint density at radius 1 is 1.30 bits per heavy atom. The molecule has 0 atom stereocenters. The monoisotopic (exact) mass is 389 g/mol. The van der Waals surface area contributed by atoms with Crippen molar-refractivity contribution >= 4 is 28.0 Å². The zero-order chi connectivity index (χ0) is 17.2. The van der Waals surface area contributed by atoms with Crippen molar-refractivity contribution in [3.63, 3.8) is 0 Å². The Hall–Kier alpha value is -2.36. The number of alkyl halides is 3. The quantitative estimate of drug-likeness (QED) is 0.836. The number of ether oxygens (including phenoxy) is 1. The van der Waals surface area contributed by atoms with Gasteiger partial charge in [0, 0.05) is 15.7 Å². The summed E-state index contributed by atoms with van der Waals surface area (Å²) in [5.74, 6) is -0.575. The standard InChI is InChI=1S/C13H11BrF3N5O/c1-6(18)4-9-11(21-22-12(19)20-9)8-3-2-7(14)5-10(8)23-13(15,16)17/h2-5H,18H2,1H3,(H2,19,20,22). The van der Waals surface area contributed by atoms with E-state index in [2.05, 4.69) is 35.8 Å². The van der Waals surface area contributed by atoms with Gasteiger partial charge in [-0.2, -0.15) is 0 Å². The predicted octanol–water partition coefficient (Wildman–Crippen LogP) is 3.10. The highest BCUT2D eigenvalue weighted by Crippen LogP contribution is 2.36. The van der Waals surface area contributed by atoms with Crippen LogP contribution >= 0.6 is 15.9 Å². The summed E-state index contributed by atoms with van der Waals surface area (Å²) in [6.45, 7) is 1.59. The molecule has 1 aromatic heterocycles. The van der Waals surface area contributed by atoms with Gasteiger partial charge in [0.2, 0.25) is 5.95 Å². The van der Waals surface area contributed by atoms with Crippen molar-refractivity contribution < 1.29 is 17.9 Å². The van der Waals surface area contributed by atoms with Gasteiger partial charge in [0.25, 0.3) is 0 Å². The Morgan fingerprint density at radius 3 is 2.61 bits per heavy atom. The molecule has 23 heavy (non-hydrogen) atoms. The van der Waals surface area contributed by atoms with E-state index in [0.717, 1.165) is 0 Å². The van der Waals surface area contributed by atoms with Gasteiger partial charge in [-0.25, -0.2) is 4.98 Å². The number of benzene rings is 1. The van der Waals surface area contributed by atoms with Gasteiger partial charge in [0.15, 0.2) is 0 Å². The van der Waals surface area contributed by atoms with Crippen LogP contribution in [-0.2, 0) is 0 Å². The number of aromatic nitrogens is 3. The molecular formula is C13H11BrF3N5O. The molecule has 4 N–H and O–H groups in total. The molecule has 10 heteroatoms. The predicted molar refractivity (Wildman–Crippen MR) is 81.9 cm³/mol. The van der Waals surface area contributed by atoms with Crippen LogP contribution in [0.1, 0.15) is 12.6 Å². The van der Waals surface area contributed by atoms with Gasteiger partial charge in [-0.05, 0) is 31.2 Å². The summed E-state index contributed by atoms with van der Waals surface area (Å²) in [6, 6.07) is 4.11. The first-order valence-electron chi connectivity index (χ1n) is 6.15. The summed E-state index contributed by atoms with van der Waals surface area (Å²) in [7, 11) is 0. The summed E-state index contributed by atoms with van der Waals surface area (Å²) in [5.41, 5.74) is 11.8. The molecule has 1 heterocycles. The third-order valence-corrected chi connectivity index (χ3v) is 3.01. The number of nitrogens with zero attached hydrogens (tertiary/aromatic N) is 3. The fraction of sp³-hybridized carbons (Fsp3) is 0.154. The van der Waals surface area contributed by atoms with E-state index in [1.807, 2.05) is 0 Å². The minimum atomic E-state index is -4.86. The number of hydrogen-bond acceptors (Lipinski definition) is 6. The molecule has 0 aliphatic heterocycles. The maximum absolute atomic E-state index is 12.6. The molecule has 2 rings (SSSR count). The molecule has 0 saturated carbocycles. The molecule has 0 radical (unpaired) electrons. The van der Waals surface area contributed by atoms with Gasteiger partial charge in [-0.15, -0.1) is 23.4 Å². The maximum Gasteiger partial charge on any atom is 0.573 e. The van der Waals surface area contributed by atoms with Crippen LogP contribution in [-0.4, -0.2) is 21.5 Å². The Labute approximate surface area is 137 Å². The van der Waals surface area contributed by atoms with Crippen molar-refractivity contribution in [2.45, 2.75) is 13.3 Å². The maximum atomic E-state index is 12.6. The van der Waals surface area contributed by atoms with Crippen molar-refractivity contribution in [3.8, 4) is 17.0 Å². The number of hydrogen-bond donors (Lipinski definition) is 2. The third-order valence-electron chi connectivity index (χ3n) is 2.52. The fourth-order valence-corrected chi connectivity index (χ4v) is 2.10. The van der Waals surface area contributed by atoms with E-state index in [1.54, 1.807) is 13.0 Å². The van der Waals surface area contributed by atoms with E-state index in [9.17, 15) is 13.2 Å². The highest BCUT2D eigenvalue weighted by Gasteiger charge is 2.33. The highest BCUT2D eigenvalue weighted by molar-refractivity contribution is 9.10. The Morgan fingerprint density at radius 2 is 2.00 bits per heavy atom. The highest BCUT2D eigenvalue weighted by atomic mass is 79.9. The molecule has 2 aromatic rings. The second kappa shape index (κ2) is 6.41. The Balaban J connectivity index is 2.65. The van der Waals surface area contributed by atoms with Crippen LogP contribution in [0.2, 0.25) is 0 Å². The number of nitrogens with two attached hydrogens (primary N) is 2. The van der Waals surface area contributed by atoms with E-state index in [1.165, 1.54) is 18.2 Å². The lowest BCUT2D eigenvalue weighted by atomic mass is 10.1. The van der Waals surface area contributed by atoms with Crippen molar-refractivity contribution in [2.24, 2.45) is 5.73 Å². The average Bonchev–Trinajstić information content (AvgIpc) is 2.37. The van der Waals surface area contributed by atoms with Gasteiger partial charge in [0.05, 0.1) is 5.69 Å². The first-order valence-corrected chi connectivity index (χ1v) is 6.94. The second-order valence-corrected chi connectivity index (χ2v) is 5.40. The van der Waals surface area contributed by atoms with Gasteiger partial charge in [0.1, 0.15) is 11.4 Å². The normalized spacial score (nSPS) is 12.3. The zero-order valence-corrected chi connectivity index (χ0v) is 13.3. The molecule has 0 amide bonds. The van der Waals surface area contributed by atoms with Gasteiger partial charge >= 0.3 is 6.36 Å². The third kappa shape index (κ3) is 4.55. The SMILES string of the molecule is CC(N)=Cc1nc(N)nnc1-c1ccc(Br)cc1OC(F)(F)F. The number of rotatable bonds is 3. The van der Waals surface area contributed by atoms with Crippen molar-refractivity contribution in [3.05, 3.63) is 34.1 Å². The molecule has 0 aliphatic carbocycles. The van der Waals surface area contributed by atoms with E-state index < -0.39 is 12.1 Å². The van der Waals surface area contributed by atoms with Crippen molar-refractivity contribution in [2.75, 3.05) is 5.73 Å². The minimum absolute atomic E-state index is 0.0537. The molecule has 0 unspecified atom stereocenters. The lowest BCUT2D eigenvalue weighted by Crippen LogP contribution is -2.18. The fourth-order valence-electron chi connectivity index (χ4n) is 1.76. The molecule has 0 spiro atoms. The molecular weight excluding hydrogens is 379 g/mol. The van der Waals surface area contributed by atoms with Crippen LogP contribution in [0.4, 0.5) is 19.1 Å². The summed E-state index contributed by atoms with van der Waals surface area (Å²) >= 11 is 3.10. The summed E-state index contributed by atoms with van der Waals surface area (Å²) < 4.78 is 42.3. The first-order chi connectivity index (χ1) is 10.7. The molecule has 0 aliphatic rings. The molecule has 0 bridgehead atoms. The topological polar surface area (TPSA) is 99.9 Å². The van der Waals surface area contributed by atoms with Crippen LogP contribution in [0.15, 0.2) is 28.4 Å². The molecule has 0 fully saturated rings. The Bertz CT molecular complexity index is 760. The largest absolute Gasteiger partial charge is 0.573 e. The summed E-state index contributed by atoms with van der Waals surface area (Å²) in [6.07, 6.45) is -3.43. The first kappa shape index (κ1) is 17.0. The van der Waals surface area contributed by atoms with Crippen LogP contribution in [0, 0.1) is 0 Å². The second-order valence-electron chi connectivity index (χ2n) is 4.48. The van der Waals surface area contributed by atoms with Crippen LogP contribution in [0.3, 0.4) is 0 Å². The van der Waals surface area contributed by atoms with E-state index >= 15 is 0 Å². The van der Waals surface area contributed by atoms with Gasteiger partial charge < -0.3 is 16.2 Å². The molecule has 0 saturated heterocycles. The molecule has 122 valence electrons. The van der Waals surface area contributed by atoms with Crippen LogP contribution in [0.5, 0.6) is 5.75 Å². The van der Waals surface area contributed by atoms with Gasteiger partial charge in [-0.3, -0.25) is 0 Å². The van der Waals surface area contributed by atoms with E-state index in [4.69, 9.17) is 11.5 Å². The van der Waals surface area contributed by atoms with E-state index in [-0.39, 0.29) is 22.9 Å². The number of anilines is 1. The smallest absolute Gasteiger partial charge is 0.405 e. The lowest BCUT2D eigenvalue weighted by molar-refractivity contribution is -0.274. The Kier molecular flexibility index (Phi) is 4.73. The minimum Gasteiger partial charge on any atom is -0.405 e. The number of halogens is 4. The molecule has 6 nitrogen and oxygen atoms in total. The summed E-state index contributed by atoms with van der Waals surface area (Å²) in [5, 5.41) is 7.40. The van der Waals surface area contributed by atoms with Crippen molar-refractivity contribution in [1.82, 2.24) is 15.2 Å². The van der Waals surface area contributed by atoms with Crippen LogP contribution in [0.25, 0.3) is 17.3 Å².